The second kappa shape index (κ2) is 19.2. The smallest absolute Gasteiger partial charge is 0.509 e. The van der Waals surface area contributed by atoms with Crippen LogP contribution >= 0.6 is 0 Å². The van der Waals surface area contributed by atoms with E-state index in [0.29, 0.717) is 22.7 Å². The van der Waals surface area contributed by atoms with E-state index in [1.807, 2.05) is 67.9 Å². The van der Waals surface area contributed by atoms with Crippen molar-refractivity contribution in [1.82, 2.24) is 18.7 Å². The van der Waals surface area contributed by atoms with Crippen LogP contribution in [-0.4, -0.2) is 15.6 Å². The maximum absolute atomic E-state index is 9.83. The zero-order chi connectivity index (χ0) is 51.7. The van der Waals surface area contributed by atoms with Crippen LogP contribution in [0.4, 0.5) is 22.7 Å². The molecule has 0 N–H and O–H groups in total. The molecule has 5 nitrogen and oxygen atoms in total. The minimum atomic E-state index is -1.75. The summed E-state index contributed by atoms with van der Waals surface area (Å²) in [5.74, 6) is 1.86. The van der Waals surface area contributed by atoms with Gasteiger partial charge in [-0.15, -0.1) is 29.1 Å². The number of rotatable bonds is 9. The molecule has 11 rings (SSSR count). The van der Waals surface area contributed by atoms with Crippen LogP contribution in [0.5, 0.6) is 11.5 Å². The molecule has 1 aliphatic rings. The van der Waals surface area contributed by atoms with Crippen LogP contribution in [0.15, 0.2) is 188 Å². The minimum Gasteiger partial charge on any atom is -0.509 e. The van der Waals surface area contributed by atoms with Crippen molar-refractivity contribution in [1.29, 1.82) is 0 Å². The molecule has 0 bridgehead atoms. The maximum Gasteiger partial charge on any atom is 2.00 e. The predicted octanol–water partition coefficient (Wildman–Crippen LogP) is 17.6. The topological polar surface area (TPSA) is 33.1 Å². The fraction of sp³-hybridized carbons (Fsp3) is 0.194. The van der Waals surface area contributed by atoms with Crippen LogP contribution in [-0.2, 0) is 38.3 Å². The Balaban J connectivity index is 0.00000641. The fourth-order valence-electron chi connectivity index (χ4n) is 9.78. The third kappa shape index (κ3) is 9.69. The monoisotopic (exact) mass is 1130 g/mol. The van der Waals surface area contributed by atoms with E-state index in [1.54, 1.807) is 0 Å². The van der Waals surface area contributed by atoms with Crippen LogP contribution in [0, 0.1) is 17.5 Å². The Bertz CT molecular complexity index is 3820. The van der Waals surface area contributed by atoms with Crippen molar-refractivity contribution < 1.29 is 28.5 Å². The summed E-state index contributed by atoms with van der Waals surface area (Å²) in [5.41, 5.74) is 13.0. The Labute approximate surface area is 447 Å². The first-order valence-electron chi connectivity index (χ1n) is 25.9. The summed E-state index contributed by atoms with van der Waals surface area (Å²) in [6, 6.07) is 74.1. The summed E-state index contributed by atoms with van der Waals surface area (Å²) >= 11 is 0. The average Bonchev–Trinajstić information content (AvgIpc) is 3.94. The van der Waals surface area contributed by atoms with Crippen molar-refractivity contribution in [3.05, 3.63) is 217 Å². The van der Waals surface area contributed by atoms with Crippen molar-refractivity contribution in [2.24, 2.45) is 5.41 Å². The Morgan fingerprint density at radius 2 is 1.18 bits per heavy atom. The van der Waals surface area contributed by atoms with Crippen molar-refractivity contribution in [2.75, 3.05) is 0 Å². The number of aromatic nitrogens is 2. The molecule has 8 aromatic carbocycles. The third-order valence-corrected chi connectivity index (χ3v) is 13.4. The number of ether oxygens (including phenoxy) is 1. The first-order chi connectivity index (χ1) is 35.3. The second-order valence-electron chi connectivity index (χ2n) is 21.9. The number of fused-ring (bicyclic) bond motifs is 4. The van der Waals surface area contributed by atoms with E-state index in [9.17, 15) is 2.74 Å². The molecule has 0 fully saturated rings. The number of benzene rings is 8. The first kappa shape index (κ1) is 46.6. The summed E-state index contributed by atoms with van der Waals surface area (Å²) < 4.78 is 33.0. The van der Waals surface area contributed by atoms with Gasteiger partial charge in [-0.1, -0.05) is 206 Å². The number of para-hydroxylation sites is 2. The number of nitrogens with zero attached hydrogens (tertiary/aromatic N) is 4. The average molecular weight is 1130 g/mol. The number of hydrogen-bond donors (Lipinski definition) is 0. The second-order valence-corrected chi connectivity index (χ2v) is 21.9. The number of pyridine rings is 1. The van der Waals surface area contributed by atoms with Crippen molar-refractivity contribution in [3.8, 4) is 50.7 Å². The molecule has 0 aliphatic carbocycles. The van der Waals surface area contributed by atoms with Gasteiger partial charge in [0.15, 0.2) is 0 Å². The van der Waals surface area contributed by atoms with Gasteiger partial charge in [0.25, 0.3) is 5.69 Å². The van der Waals surface area contributed by atoms with Crippen molar-refractivity contribution in [2.45, 2.75) is 79.5 Å². The van der Waals surface area contributed by atoms with Gasteiger partial charge >= 0.3 is 32.8 Å². The zero-order valence-electron chi connectivity index (χ0n) is 44.9. The van der Waals surface area contributed by atoms with E-state index in [0.717, 1.165) is 83.6 Å². The molecule has 0 radical (unpaired) electrons. The SMILES string of the molecule is [2H]C([2H])(c1cccc2c1[N+](c1c(-c3ccccc3)cccc1-c1ccccc1)=C=[N+]2c1[c-]c(Oc2[c-]c3c(cc2)c2cc(-c4ccccc4)ccc2n3-c2cc(C(C)(C)C)ccn2)cc(C(C)(C)C)c1)C(C)(C)C.[Pt+2]. The molecule has 6 heteroatoms. The van der Waals surface area contributed by atoms with Crippen LogP contribution in [0.2, 0.25) is 0 Å². The molecule has 0 saturated carbocycles. The van der Waals surface area contributed by atoms with Gasteiger partial charge in [-0.2, -0.15) is 6.07 Å². The van der Waals surface area contributed by atoms with Gasteiger partial charge in [0.1, 0.15) is 11.5 Å². The summed E-state index contributed by atoms with van der Waals surface area (Å²) in [4.78, 5) is 4.97. The number of hydrogen-bond acceptors (Lipinski definition) is 2. The molecule has 0 atom stereocenters. The van der Waals surface area contributed by atoms with E-state index < -0.39 is 11.8 Å². The molecule has 3 heterocycles. The molecule has 362 valence electrons. The zero-order valence-corrected chi connectivity index (χ0v) is 45.2. The molecule has 2 aromatic heterocycles. The summed E-state index contributed by atoms with van der Waals surface area (Å²) in [7, 11) is 0. The van der Waals surface area contributed by atoms with E-state index in [-0.39, 0.29) is 31.9 Å². The van der Waals surface area contributed by atoms with Crippen LogP contribution in [0.1, 0.15) is 81.7 Å². The van der Waals surface area contributed by atoms with E-state index >= 15 is 0 Å². The van der Waals surface area contributed by atoms with Crippen LogP contribution in [0.3, 0.4) is 0 Å². The third-order valence-electron chi connectivity index (χ3n) is 13.4. The molecule has 1 aliphatic heterocycles. The Morgan fingerprint density at radius 3 is 1.81 bits per heavy atom. The molecular formula is C67H60N4OPt+2. The maximum atomic E-state index is 9.83. The molecule has 0 spiro atoms. The molecule has 0 amide bonds. The van der Waals surface area contributed by atoms with Gasteiger partial charge in [-0.3, -0.25) is 0 Å². The molecule has 0 saturated heterocycles. The van der Waals surface area contributed by atoms with Crippen molar-refractivity contribution in [3.63, 3.8) is 0 Å². The summed E-state index contributed by atoms with van der Waals surface area (Å²) in [5, 5.41) is 2.13. The predicted molar refractivity (Wildman–Crippen MR) is 300 cm³/mol. The Hall–Kier alpha value is -7.42. The Kier molecular flexibility index (Phi) is 12.3. The van der Waals surface area contributed by atoms with E-state index in [2.05, 4.69) is 214 Å². The van der Waals surface area contributed by atoms with Gasteiger partial charge < -0.3 is 9.30 Å². The van der Waals surface area contributed by atoms with Gasteiger partial charge in [-0.05, 0) is 90.7 Å². The summed E-state index contributed by atoms with van der Waals surface area (Å²) in [6.45, 7) is 19.2. The van der Waals surface area contributed by atoms with Gasteiger partial charge in [0.05, 0.1) is 11.1 Å². The van der Waals surface area contributed by atoms with Crippen LogP contribution < -0.4 is 13.9 Å². The Morgan fingerprint density at radius 1 is 0.548 bits per heavy atom. The molecule has 10 aromatic rings. The standard InChI is InChI=1S/C67H60N4O.Pt/c1-65(2,3)43-49-27-19-30-60-63(49)70(64-55(46-23-15-11-16-24-46)28-20-29-56(64)47-25-17-12-18-26-47)44-69(60)52-38-51(67(7,8)9)39-54(41-52)72-53-32-33-57-58-37-48(45-21-13-10-14-22-45)31-34-59(58)71(61(57)42-53)62-40-50(35-36-68-62)66(4,5)6;/h10-40H,43H2,1-9H3;/q;+2/i43D2;. The molecular weight excluding hydrogens is 1070 g/mol. The first-order valence-corrected chi connectivity index (χ1v) is 24.9. The van der Waals surface area contributed by atoms with Gasteiger partial charge in [-0.25, -0.2) is 4.98 Å². The van der Waals surface area contributed by atoms with E-state index in [1.165, 1.54) is 5.56 Å². The normalized spacial score (nSPS) is 13.2. The molecule has 0 unspecified atom stereocenters. The quantitative estimate of drug-likeness (QED) is 0.107. The molecule has 73 heavy (non-hydrogen) atoms. The van der Waals surface area contributed by atoms with Crippen LogP contribution in [0.25, 0.3) is 61.0 Å². The minimum absolute atomic E-state index is 0. The van der Waals surface area contributed by atoms with E-state index in [4.69, 9.17) is 9.72 Å². The largest absolute Gasteiger partial charge is 2.00 e. The van der Waals surface area contributed by atoms with Gasteiger partial charge in [0, 0.05) is 37.6 Å². The summed E-state index contributed by atoms with van der Waals surface area (Å²) in [6.07, 6.45) is 0.146. The van der Waals surface area contributed by atoms with Crippen molar-refractivity contribution >= 4 is 50.6 Å². The van der Waals surface area contributed by atoms with Gasteiger partial charge in [0.2, 0.25) is 5.69 Å². The fourth-order valence-corrected chi connectivity index (χ4v) is 9.78.